The van der Waals surface area contributed by atoms with Crippen molar-refractivity contribution in [2.24, 2.45) is 0 Å². The van der Waals surface area contributed by atoms with Gasteiger partial charge in [-0.05, 0) is 109 Å². The van der Waals surface area contributed by atoms with Gasteiger partial charge in [-0.3, -0.25) is 9.11 Å². The first-order valence-corrected chi connectivity index (χ1v) is 17.5. The van der Waals surface area contributed by atoms with Crippen LogP contribution in [0.5, 0.6) is 0 Å². The summed E-state index contributed by atoms with van der Waals surface area (Å²) in [6.07, 6.45) is 3.13. The molecule has 1 unspecified atom stereocenters. The first kappa shape index (κ1) is 32.0. The quantitative estimate of drug-likeness (QED) is 0.211. The lowest BCUT2D eigenvalue weighted by Crippen LogP contribution is -2.10. The summed E-state index contributed by atoms with van der Waals surface area (Å²) in [6.45, 7) is 10.8. The van der Waals surface area contributed by atoms with Crippen molar-refractivity contribution in [3.8, 4) is 0 Å². The Morgan fingerprint density at radius 1 is 0.850 bits per heavy atom. The van der Waals surface area contributed by atoms with E-state index < -0.39 is 30.1 Å². The second kappa shape index (κ2) is 11.7. The third-order valence-electron chi connectivity index (χ3n) is 7.25. The zero-order valence-corrected chi connectivity index (χ0v) is 26.0. The van der Waals surface area contributed by atoms with E-state index in [0.717, 1.165) is 11.1 Å². The number of hydrogen-bond acceptors (Lipinski definition) is 6. The molecular formula is C29H36O8S3. The highest BCUT2D eigenvalue weighted by Gasteiger charge is 2.25. The minimum absolute atomic E-state index is 0.0819. The van der Waals surface area contributed by atoms with E-state index in [1.165, 1.54) is 12.1 Å². The molecular weight excluding hydrogens is 573 g/mol. The second-order valence-corrected chi connectivity index (χ2v) is 15.1. The minimum atomic E-state index is -4.67. The summed E-state index contributed by atoms with van der Waals surface area (Å²) in [4.78, 5) is -0.353. The molecule has 1 atom stereocenters. The smallest absolute Gasteiger partial charge is 0.282 e. The van der Waals surface area contributed by atoms with Crippen LogP contribution in [0.4, 0.5) is 0 Å². The van der Waals surface area contributed by atoms with Crippen molar-refractivity contribution in [2.45, 2.75) is 81.4 Å². The van der Waals surface area contributed by atoms with Crippen LogP contribution in [0.15, 0.2) is 62.7 Å². The summed E-state index contributed by atoms with van der Waals surface area (Å²) >= 11 is 0. The van der Waals surface area contributed by atoms with E-state index in [1.54, 1.807) is 38.1 Å². The molecule has 0 fully saturated rings. The fraction of sp³-hybridized carbons (Fsp3) is 0.379. The third-order valence-corrected chi connectivity index (χ3v) is 11.1. The van der Waals surface area contributed by atoms with Crippen LogP contribution in [0, 0.1) is 13.8 Å². The number of rotatable bonds is 10. The van der Waals surface area contributed by atoms with E-state index in [-0.39, 0.29) is 38.2 Å². The van der Waals surface area contributed by atoms with Crippen LogP contribution in [-0.4, -0.2) is 40.1 Å². The summed E-state index contributed by atoms with van der Waals surface area (Å²) in [5, 5.41) is 0.969. The van der Waals surface area contributed by atoms with Crippen LogP contribution < -0.4 is 0 Å². The van der Waals surface area contributed by atoms with Gasteiger partial charge in [0.25, 0.3) is 20.2 Å². The highest BCUT2D eigenvalue weighted by atomic mass is 32.2. The molecule has 0 amide bonds. The van der Waals surface area contributed by atoms with Gasteiger partial charge in [0.15, 0.2) is 9.84 Å². The van der Waals surface area contributed by atoms with Crippen LogP contribution in [0.1, 0.15) is 67.9 Å². The zero-order chi connectivity index (χ0) is 30.2. The Hall–Kier alpha value is -2.57. The molecule has 11 heteroatoms. The lowest BCUT2D eigenvalue weighted by molar-refractivity contribution is 0.480. The van der Waals surface area contributed by atoms with E-state index in [4.69, 9.17) is 0 Å². The van der Waals surface area contributed by atoms with Crippen LogP contribution in [0.3, 0.4) is 0 Å². The molecule has 3 rings (SSSR count). The minimum Gasteiger partial charge on any atom is -0.282 e. The summed E-state index contributed by atoms with van der Waals surface area (Å²) in [6, 6.07) is 9.22. The van der Waals surface area contributed by atoms with Gasteiger partial charge in [0, 0.05) is 0 Å². The summed E-state index contributed by atoms with van der Waals surface area (Å²) in [5.41, 5.74) is 3.76. The average Bonchev–Trinajstić information content (AvgIpc) is 2.84. The van der Waals surface area contributed by atoms with Crippen LogP contribution in [-0.2, 0) is 42.9 Å². The Labute approximate surface area is 237 Å². The third kappa shape index (κ3) is 6.66. The van der Waals surface area contributed by atoms with Gasteiger partial charge in [-0.2, -0.15) is 16.8 Å². The molecule has 0 spiro atoms. The highest BCUT2D eigenvalue weighted by molar-refractivity contribution is 7.91. The molecule has 40 heavy (non-hydrogen) atoms. The molecule has 3 aromatic carbocycles. The molecule has 8 nitrogen and oxygen atoms in total. The van der Waals surface area contributed by atoms with E-state index in [2.05, 4.69) is 0 Å². The normalized spacial score (nSPS) is 14.1. The van der Waals surface area contributed by atoms with Gasteiger partial charge in [-0.1, -0.05) is 44.6 Å². The number of aryl methyl sites for hydroxylation is 2. The Bertz CT molecular complexity index is 1800. The molecule has 0 radical (unpaired) electrons. The summed E-state index contributed by atoms with van der Waals surface area (Å²) < 4.78 is 93.5. The van der Waals surface area contributed by atoms with Crippen LogP contribution in [0.25, 0.3) is 10.8 Å². The largest absolute Gasteiger partial charge is 0.294 e. The maximum Gasteiger partial charge on any atom is 0.294 e. The molecule has 218 valence electrons. The molecule has 0 saturated carbocycles. The predicted molar refractivity (Wildman–Crippen MR) is 157 cm³/mol. The average molecular weight is 609 g/mol. The van der Waals surface area contributed by atoms with Gasteiger partial charge in [0.05, 0.1) is 20.4 Å². The maximum atomic E-state index is 12.5. The fourth-order valence-corrected chi connectivity index (χ4v) is 8.26. The van der Waals surface area contributed by atoms with Gasteiger partial charge in [-0.25, -0.2) is 8.42 Å². The second-order valence-electron chi connectivity index (χ2n) is 10.2. The first-order chi connectivity index (χ1) is 18.4. The Kier molecular flexibility index (Phi) is 9.37. The van der Waals surface area contributed by atoms with E-state index in [1.807, 2.05) is 33.8 Å². The fourth-order valence-electron chi connectivity index (χ4n) is 5.34. The Morgan fingerprint density at radius 2 is 1.40 bits per heavy atom. The molecule has 0 aliphatic rings. The van der Waals surface area contributed by atoms with Crippen molar-refractivity contribution in [1.82, 2.24) is 0 Å². The number of hydrogen-bond donors (Lipinski definition) is 2. The van der Waals surface area contributed by atoms with Gasteiger partial charge in [-0.15, -0.1) is 0 Å². The molecule has 0 aromatic heterocycles. The lowest BCUT2D eigenvalue weighted by atomic mass is 9.89. The summed E-state index contributed by atoms with van der Waals surface area (Å²) in [7, 11) is -12.5. The molecule has 0 saturated heterocycles. The van der Waals surface area contributed by atoms with Gasteiger partial charge in [0.1, 0.15) is 0 Å². The molecule has 2 N–H and O–H groups in total. The van der Waals surface area contributed by atoms with Crippen molar-refractivity contribution in [1.29, 1.82) is 0 Å². The Balaban J connectivity index is 2.12. The van der Waals surface area contributed by atoms with E-state index >= 15 is 0 Å². The van der Waals surface area contributed by atoms with Gasteiger partial charge in [0.2, 0.25) is 0 Å². The number of sulfone groups is 1. The van der Waals surface area contributed by atoms with Crippen molar-refractivity contribution < 1.29 is 34.4 Å². The summed E-state index contributed by atoms with van der Waals surface area (Å²) in [5.74, 6) is -0.0259. The van der Waals surface area contributed by atoms with E-state index in [9.17, 15) is 34.4 Å². The molecule has 0 heterocycles. The molecule has 3 aromatic rings. The number of fused-ring (bicyclic) bond motifs is 1. The van der Waals surface area contributed by atoms with Crippen molar-refractivity contribution in [2.75, 3.05) is 5.75 Å². The molecule has 0 aliphatic heterocycles. The number of allylic oxidation sites excluding steroid dienone is 2. The van der Waals surface area contributed by atoms with Gasteiger partial charge >= 0.3 is 0 Å². The topological polar surface area (TPSA) is 143 Å². The zero-order valence-electron chi connectivity index (χ0n) is 23.5. The SMILES string of the molecule is CCCS(=O)(=O)c1ccc(C(C)C=C(C)Cc2c(S(=O)(=O)O)cc3cc(S(=O)(=O)O)c(C)c(CC)c3c2C)cc1. The van der Waals surface area contributed by atoms with E-state index in [0.29, 0.717) is 40.5 Å². The van der Waals surface area contributed by atoms with Crippen LogP contribution in [0.2, 0.25) is 0 Å². The molecule has 0 aliphatic carbocycles. The lowest BCUT2D eigenvalue weighted by Gasteiger charge is -2.20. The molecule has 0 bridgehead atoms. The predicted octanol–water partition coefficient (Wildman–Crippen LogP) is 5.99. The highest BCUT2D eigenvalue weighted by Crippen LogP contribution is 2.37. The van der Waals surface area contributed by atoms with Crippen molar-refractivity contribution >= 4 is 40.8 Å². The Morgan fingerprint density at radius 3 is 1.90 bits per heavy atom. The monoisotopic (exact) mass is 608 g/mol. The first-order valence-electron chi connectivity index (χ1n) is 13.0. The van der Waals surface area contributed by atoms with Crippen LogP contribution >= 0.6 is 0 Å². The standard InChI is InChI=1S/C29H36O8S3/c1-7-13-38(30,31)24-11-9-22(10-12-24)19(4)14-18(3)15-26-21(6)29-23(17-28(26)40(35,36)37)16-27(39(32,33)34)20(5)25(29)8-2/h9-12,14,16-17,19H,7-8,13,15H2,1-6H3,(H,32,33,34)(H,35,36,37). The van der Waals surface area contributed by atoms with Crippen molar-refractivity contribution in [3.63, 3.8) is 0 Å². The van der Waals surface area contributed by atoms with Crippen molar-refractivity contribution in [3.05, 3.63) is 75.9 Å². The number of benzene rings is 3. The maximum absolute atomic E-state index is 12.5. The van der Waals surface area contributed by atoms with Gasteiger partial charge < -0.3 is 0 Å².